The highest BCUT2D eigenvalue weighted by Gasteiger charge is 2.29. The normalized spacial score (nSPS) is 19.5. The van der Waals surface area contributed by atoms with Crippen molar-refractivity contribution in [1.82, 2.24) is 14.9 Å². The second-order valence-electron chi connectivity index (χ2n) is 8.36. The van der Waals surface area contributed by atoms with Crippen LogP contribution in [-0.2, 0) is 27.5 Å². The van der Waals surface area contributed by atoms with Gasteiger partial charge in [0.15, 0.2) is 15.0 Å². The first kappa shape index (κ1) is 22.9. The molecule has 1 N–H and O–H groups in total. The molecule has 7 nitrogen and oxygen atoms in total. The summed E-state index contributed by atoms with van der Waals surface area (Å²) >= 11 is 8.80. The van der Waals surface area contributed by atoms with Crippen molar-refractivity contribution < 1.29 is 13.2 Å². The fourth-order valence-corrected chi connectivity index (χ4v) is 8.33. The van der Waals surface area contributed by atoms with Gasteiger partial charge >= 0.3 is 0 Å². The van der Waals surface area contributed by atoms with Crippen molar-refractivity contribution in [2.24, 2.45) is 0 Å². The summed E-state index contributed by atoms with van der Waals surface area (Å²) in [5, 5.41) is 4.47. The maximum Gasteiger partial charge on any atom is 0.267 e. The monoisotopic (exact) mass is 523 g/mol. The van der Waals surface area contributed by atoms with Crippen LogP contribution >= 0.6 is 34.7 Å². The van der Waals surface area contributed by atoms with E-state index in [0.29, 0.717) is 32.5 Å². The third kappa shape index (κ3) is 4.71. The van der Waals surface area contributed by atoms with Crippen LogP contribution < -0.4 is 10.9 Å². The number of halogens is 1. The molecule has 1 amide bonds. The Morgan fingerprint density at radius 1 is 1.24 bits per heavy atom. The molecule has 3 aromatic rings. The van der Waals surface area contributed by atoms with Gasteiger partial charge in [0.05, 0.1) is 28.3 Å². The molecule has 0 bridgehead atoms. The molecule has 2 aromatic heterocycles. The number of amides is 1. The van der Waals surface area contributed by atoms with Crippen molar-refractivity contribution in [2.75, 3.05) is 17.3 Å². The van der Waals surface area contributed by atoms with Gasteiger partial charge in [-0.2, -0.15) is 0 Å². The maximum atomic E-state index is 13.7. The molecule has 0 radical (unpaired) electrons. The highest BCUT2D eigenvalue weighted by Crippen LogP contribution is 2.35. The SMILES string of the molecule is O=C(CSc1nc2sc3c(c2c(=O)n1-c1ccc(Cl)cc1)CCCC3)N[C@@H]1CCS(=O)(=O)C1. The highest BCUT2D eigenvalue weighted by molar-refractivity contribution is 7.99. The zero-order valence-electron chi connectivity index (χ0n) is 17.7. The van der Waals surface area contributed by atoms with Crippen molar-refractivity contribution in [2.45, 2.75) is 43.3 Å². The van der Waals surface area contributed by atoms with Gasteiger partial charge in [-0.15, -0.1) is 11.3 Å². The third-order valence-corrected chi connectivity index (χ3v) is 10.1. The van der Waals surface area contributed by atoms with Crippen LogP contribution in [0.3, 0.4) is 0 Å². The Hall–Kier alpha value is -1.88. The predicted octanol–water partition coefficient (Wildman–Crippen LogP) is 3.37. The number of benzene rings is 1. The highest BCUT2D eigenvalue weighted by atomic mass is 35.5. The number of hydrogen-bond acceptors (Lipinski definition) is 7. The second-order valence-corrected chi connectivity index (χ2v) is 13.0. The molecule has 1 aliphatic heterocycles. The fraction of sp³-hybridized carbons (Fsp3) is 0.409. The first-order chi connectivity index (χ1) is 15.8. The van der Waals surface area contributed by atoms with Crippen LogP contribution in [0.4, 0.5) is 0 Å². The zero-order valence-corrected chi connectivity index (χ0v) is 20.9. The Kier molecular flexibility index (Phi) is 6.28. The lowest BCUT2D eigenvalue weighted by atomic mass is 9.97. The summed E-state index contributed by atoms with van der Waals surface area (Å²) in [6.45, 7) is 0. The molecule has 11 heteroatoms. The van der Waals surface area contributed by atoms with Crippen molar-refractivity contribution in [1.29, 1.82) is 0 Å². The molecule has 3 heterocycles. The minimum absolute atomic E-state index is 0.0240. The number of nitrogens with zero attached hydrogens (tertiary/aromatic N) is 2. The quantitative estimate of drug-likeness (QED) is 0.406. The minimum atomic E-state index is -3.07. The summed E-state index contributed by atoms with van der Waals surface area (Å²) in [6, 6.07) is 6.62. The van der Waals surface area contributed by atoms with E-state index in [1.165, 1.54) is 16.6 Å². The first-order valence-corrected chi connectivity index (χ1v) is 14.8. The number of thioether (sulfide) groups is 1. The minimum Gasteiger partial charge on any atom is -0.352 e. The molecular formula is C22H22ClN3O4S3. The number of aryl methyl sites for hydroxylation is 2. The molecule has 1 aromatic carbocycles. The van der Waals surface area contributed by atoms with Gasteiger partial charge < -0.3 is 5.32 Å². The van der Waals surface area contributed by atoms with E-state index in [2.05, 4.69) is 5.32 Å². The average molecular weight is 524 g/mol. The molecule has 1 fully saturated rings. The number of sulfone groups is 1. The second kappa shape index (κ2) is 9.05. The standard InChI is InChI=1S/C22H22ClN3O4S3/c23-13-5-7-15(8-6-13)26-21(28)19-16-3-1-2-4-17(16)32-20(19)25-22(26)31-11-18(27)24-14-9-10-33(29,30)12-14/h5-8,14H,1-4,9-12H2,(H,24,27)/t14-/m1/s1. The molecule has 0 unspecified atom stereocenters. The van der Waals surface area contributed by atoms with E-state index in [1.807, 2.05) is 0 Å². The number of nitrogens with one attached hydrogen (secondary N) is 1. The smallest absolute Gasteiger partial charge is 0.267 e. The molecule has 1 atom stereocenters. The Bertz CT molecular complexity index is 1400. The van der Waals surface area contributed by atoms with E-state index in [9.17, 15) is 18.0 Å². The van der Waals surface area contributed by atoms with Gasteiger partial charge in [0.2, 0.25) is 5.91 Å². The number of thiophene rings is 1. The summed E-state index contributed by atoms with van der Waals surface area (Å²) < 4.78 is 24.9. The molecule has 1 saturated heterocycles. The van der Waals surface area contributed by atoms with Gasteiger partial charge in [-0.25, -0.2) is 13.4 Å². The van der Waals surface area contributed by atoms with Gasteiger partial charge in [0.25, 0.3) is 5.56 Å². The summed E-state index contributed by atoms with van der Waals surface area (Å²) in [5.74, 6) is -0.163. The number of carbonyl (C=O) groups excluding carboxylic acids is 1. The van der Waals surface area contributed by atoms with E-state index in [-0.39, 0.29) is 34.8 Å². The summed E-state index contributed by atoms with van der Waals surface area (Å²) in [6.07, 6.45) is 4.45. The Morgan fingerprint density at radius 3 is 2.73 bits per heavy atom. The van der Waals surface area contributed by atoms with Crippen molar-refractivity contribution >= 4 is 60.7 Å². The lowest BCUT2D eigenvalue weighted by molar-refractivity contribution is -0.119. The predicted molar refractivity (Wildman–Crippen MR) is 133 cm³/mol. The molecule has 2 aliphatic rings. The van der Waals surface area contributed by atoms with Crippen LogP contribution in [-0.4, -0.2) is 47.2 Å². The number of carbonyl (C=O) groups is 1. The van der Waals surface area contributed by atoms with E-state index < -0.39 is 9.84 Å². The van der Waals surface area contributed by atoms with Crippen LogP contribution in [0.15, 0.2) is 34.2 Å². The Labute approximate surface area is 204 Å². The van der Waals surface area contributed by atoms with Gasteiger partial charge in [-0.3, -0.25) is 14.2 Å². The fourth-order valence-electron chi connectivity index (χ4n) is 4.41. The number of rotatable bonds is 5. The first-order valence-electron chi connectivity index (χ1n) is 10.8. The largest absolute Gasteiger partial charge is 0.352 e. The number of fused-ring (bicyclic) bond motifs is 3. The van der Waals surface area contributed by atoms with Gasteiger partial charge in [-0.1, -0.05) is 23.4 Å². The maximum absolute atomic E-state index is 13.7. The van der Waals surface area contributed by atoms with E-state index in [4.69, 9.17) is 16.6 Å². The van der Waals surface area contributed by atoms with Crippen LogP contribution in [0.1, 0.15) is 29.7 Å². The lowest BCUT2D eigenvalue weighted by Crippen LogP contribution is -2.36. The van der Waals surface area contributed by atoms with E-state index >= 15 is 0 Å². The molecule has 1 aliphatic carbocycles. The van der Waals surface area contributed by atoms with Crippen LogP contribution in [0.5, 0.6) is 0 Å². The van der Waals surface area contributed by atoms with Gasteiger partial charge in [-0.05, 0) is 61.9 Å². The third-order valence-electron chi connectivity index (χ3n) is 5.97. The lowest BCUT2D eigenvalue weighted by Gasteiger charge is -2.14. The van der Waals surface area contributed by atoms with E-state index in [1.54, 1.807) is 40.2 Å². The molecule has 0 saturated carbocycles. The van der Waals surface area contributed by atoms with Crippen LogP contribution in [0.2, 0.25) is 5.02 Å². The molecule has 33 heavy (non-hydrogen) atoms. The van der Waals surface area contributed by atoms with Crippen molar-refractivity contribution in [3.63, 3.8) is 0 Å². The average Bonchev–Trinajstić information content (AvgIpc) is 3.32. The van der Waals surface area contributed by atoms with Crippen LogP contribution in [0.25, 0.3) is 15.9 Å². The molecule has 5 rings (SSSR count). The number of aromatic nitrogens is 2. The number of hydrogen-bond donors (Lipinski definition) is 1. The Balaban J connectivity index is 1.49. The molecular weight excluding hydrogens is 502 g/mol. The summed E-state index contributed by atoms with van der Waals surface area (Å²) in [5.41, 5.74) is 1.61. The molecule has 174 valence electrons. The summed E-state index contributed by atoms with van der Waals surface area (Å²) in [7, 11) is -3.07. The van der Waals surface area contributed by atoms with Gasteiger partial charge in [0.1, 0.15) is 4.83 Å². The zero-order chi connectivity index (χ0) is 23.2. The van der Waals surface area contributed by atoms with Crippen molar-refractivity contribution in [3.8, 4) is 5.69 Å². The topological polar surface area (TPSA) is 98.1 Å². The van der Waals surface area contributed by atoms with Gasteiger partial charge in [0, 0.05) is 15.9 Å². The van der Waals surface area contributed by atoms with Crippen LogP contribution in [0, 0.1) is 0 Å². The van der Waals surface area contributed by atoms with Crippen molar-refractivity contribution in [3.05, 3.63) is 50.1 Å². The van der Waals surface area contributed by atoms with E-state index in [0.717, 1.165) is 31.2 Å². The summed E-state index contributed by atoms with van der Waals surface area (Å²) in [4.78, 5) is 32.9. The Morgan fingerprint density at radius 2 is 2.00 bits per heavy atom. The molecule has 0 spiro atoms.